The molecule has 0 saturated heterocycles. The molecule has 2 rings (SSSR count). The SMILES string of the molecule is Cc1cc(S(=O)(=O)Nc2ccnn2C(C)C)ccc1Br. The number of hydrogen-bond donors (Lipinski definition) is 1. The van der Waals surface area contributed by atoms with Gasteiger partial charge in [0.05, 0.1) is 11.1 Å². The van der Waals surface area contributed by atoms with Crippen LogP contribution in [0.3, 0.4) is 0 Å². The summed E-state index contributed by atoms with van der Waals surface area (Å²) in [5.41, 5.74) is 0.866. The first-order valence-corrected chi connectivity index (χ1v) is 8.41. The van der Waals surface area contributed by atoms with Gasteiger partial charge in [0.2, 0.25) is 0 Å². The first kappa shape index (κ1) is 15.1. The van der Waals surface area contributed by atoms with E-state index in [9.17, 15) is 8.42 Å². The molecule has 1 heterocycles. The van der Waals surface area contributed by atoms with E-state index in [1.54, 1.807) is 35.1 Å². The maximum atomic E-state index is 12.4. The second-order valence-electron chi connectivity index (χ2n) is 4.77. The number of halogens is 1. The Bertz CT molecular complexity index is 723. The van der Waals surface area contributed by atoms with Gasteiger partial charge in [0.15, 0.2) is 0 Å². The normalized spacial score (nSPS) is 11.8. The Morgan fingerprint density at radius 2 is 2.00 bits per heavy atom. The van der Waals surface area contributed by atoms with Crippen LogP contribution in [0.25, 0.3) is 0 Å². The minimum Gasteiger partial charge on any atom is -0.264 e. The number of hydrogen-bond acceptors (Lipinski definition) is 3. The van der Waals surface area contributed by atoms with Crippen molar-refractivity contribution in [1.29, 1.82) is 0 Å². The summed E-state index contributed by atoms with van der Waals surface area (Å²) in [6, 6.07) is 6.64. The summed E-state index contributed by atoms with van der Waals surface area (Å²) in [5, 5.41) is 4.11. The highest BCUT2D eigenvalue weighted by Crippen LogP contribution is 2.22. The van der Waals surface area contributed by atoms with E-state index in [-0.39, 0.29) is 10.9 Å². The van der Waals surface area contributed by atoms with E-state index >= 15 is 0 Å². The number of sulfonamides is 1. The van der Waals surface area contributed by atoms with Gasteiger partial charge >= 0.3 is 0 Å². The molecule has 0 amide bonds. The summed E-state index contributed by atoms with van der Waals surface area (Å²) in [7, 11) is -3.61. The van der Waals surface area contributed by atoms with Crippen LogP contribution in [0.4, 0.5) is 5.82 Å². The minimum atomic E-state index is -3.61. The van der Waals surface area contributed by atoms with Gasteiger partial charge in [-0.15, -0.1) is 0 Å². The molecule has 0 aliphatic carbocycles. The number of nitrogens with zero attached hydrogens (tertiary/aromatic N) is 2. The molecule has 20 heavy (non-hydrogen) atoms. The fourth-order valence-electron chi connectivity index (χ4n) is 1.79. The molecule has 0 unspecified atom stereocenters. The molecule has 0 bridgehead atoms. The van der Waals surface area contributed by atoms with Crippen LogP contribution in [0.1, 0.15) is 25.5 Å². The van der Waals surface area contributed by atoms with E-state index in [2.05, 4.69) is 25.8 Å². The third kappa shape index (κ3) is 3.04. The Labute approximate surface area is 127 Å². The molecule has 1 aromatic heterocycles. The van der Waals surface area contributed by atoms with Gasteiger partial charge in [-0.1, -0.05) is 15.9 Å². The predicted octanol–water partition coefficient (Wildman–Crippen LogP) is 3.34. The monoisotopic (exact) mass is 357 g/mol. The van der Waals surface area contributed by atoms with Crippen molar-refractivity contribution in [3.63, 3.8) is 0 Å². The molecule has 0 aliphatic rings. The van der Waals surface area contributed by atoms with E-state index in [1.807, 2.05) is 20.8 Å². The van der Waals surface area contributed by atoms with Gasteiger partial charge in [-0.3, -0.25) is 4.72 Å². The van der Waals surface area contributed by atoms with Crippen LogP contribution in [0.15, 0.2) is 39.8 Å². The van der Waals surface area contributed by atoms with E-state index in [1.165, 1.54) is 0 Å². The van der Waals surface area contributed by atoms with Gasteiger partial charge in [-0.2, -0.15) is 5.10 Å². The summed E-state index contributed by atoms with van der Waals surface area (Å²) in [6.07, 6.45) is 1.57. The fourth-order valence-corrected chi connectivity index (χ4v) is 3.17. The smallest absolute Gasteiger partial charge is 0.263 e. The van der Waals surface area contributed by atoms with Crippen molar-refractivity contribution in [2.45, 2.75) is 31.7 Å². The average Bonchev–Trinajstić information content (AvgIpc) is 2.80. The van der Waals surface area contributed by atoms with Gasteiger partial charge in [-0.05, 0) is 44.5 Å². The number of aryl methyl sites for hydroxylation is 1. The van der Waals surface area contributed by atoms with E-state index in [0.29, 0.717) is 5.82 Å². The molecular weight excluding hydrogens is 342 g/mol. The first-order chi connectivity index (χ1) is 9.31. The quantitative estimate of drug-likeness (QED) is 0.912. The highest BCUT2D eigenvalue weighted by molar-refractivity contribution is 9.10. The molecule has 0 atom stereocenters. The number of aromatic nitrogens is 2. The molecular formula is C13H16BrN3O2S. The van der Waals surface area contributed by atoms with Crippen LogP contribution in [0.2, 0.25) is 0 Å². The lowest BCUT2D eigenvalue weighted by Crippen LogP contribution is -2.17. The second-order valence-corrected chi connectivity index (χ2v) is 7.31. The number of benzene rings is 1. The van der Waals surface area contributed by atoms with Crippen molar-refractivity contribution in [3.05, 3.63) is 40.5 Å². The van der Waals surface area contributed by atoms with Crippen LogP contribution in [0, 0.1) is 6.92 Å². The fraction of sp³-hybridized carbons (Fsp3) is 0.308. The van der Waals surface area contributed by atoms with Gasteiger partial charge in [-0.25, -0.2) is 13.1 Å². The maximum absolute atomic E-state index is 12.4. The van der Waals surface area contributed by atoms with Gasteiger partial charge in [0.25, 0.3) is 10.0 Å². The van der Waals surface area contributed by atoms with E-state index < -0.39 is 10.0 Å². The standard InChI is InChI=1S/C13H16BrN3O2S/c1-9(2)17-13(6-7-15-17)16-20(18,19)11-4-5-12(14)10(3)8-11/h4-9,16H,1-3H3. The predicted molar refractivity (Wildman–Crippen MR) is 82.3 cm³/mol. The molecule has 1 aromatic carbocycles. The molecule has 7 heteroatoms. The third-order valence-corrected chi connectivity index (χ3v) is 5.08. The molecule has 5 nitrogen and oxygen atoms in total. The van der Waals surface area contributed by atoms with Crippen molar-refractivity contribution < 1.29 is 8.42 Å². The van der Waals surface area contributed by atoms with Crippen molar-refractivity contribution >= 4 is 31.8 Å². The minimum absolute atomic E-state index is 0.0781. The Morgan fingerprint density at radius 1 is 1.30 bits per heavy atom. The van der Waals surface area contributed by atoms with Crippen molar-refractivity contribution in [2.24, 2.45) is 0 Å². The van der Waals surface area contributed by atoms with E-state index in [4.69, 9.17) is 0 Å². The largest absolute Gasteiger partial charge is 0.264 e. The van der Waals surface area contributed by atoms with Crippen LogP contribution in [0.5, 0.6) is 0 Å². The van der Waals surface area contributed by atoms with Crippen molar-refractivity contribution in [1.82, 2.24) is 9.78 Å². The zero-order chi connectivity index (χ0) is 14.9. The molecule has 0 fully saturated rings. The lowest BCUT2D eigenvalue weighted by molar-refractivity contribution is 0.539. The van der Waals surface area contributed by atoms with Crippen molar-refractivity contribution in [3.8, 4) is 0 Å². The van der Waals surface area contributed by atoms with Crippen LogP contribution < -0.4 is 4.72 Å². The van der Waals surface area contributed by atoms with Gasteiger partial charge in [0.1, 0.15) is 5.82 Å². The Balaban J connectivity index is 2.36. The van der Waals surface area contributed by atoms with Gasteiger partial charge in [0, 0.05) is 16.6 Å². The van der Waals surface area contributed by atoms with Crippen molar-refractivity contribution in [2.75, 3.05) is 4.72 Å². The van der Waals surface area contributed by atoms with E-state index in [0.717, 1.165) is 10.0 Å². The topological polar surface area (TPSA) is 64.0 Å². The van der Waals surface area contributed by atoms with Crippen LogP contribution in [-0.2, 0) is 10.0 Å². The first-order valence-electron chi connectivity index (χ1n) is 6.14. The summed E-state index contributed by atoms with van der Waals surface area (Å²) in [5.74, 6) is 0.459. The average molecular weight is 358 g/mol. The third-order valence-electron chi connectivity index (χ3n) is 2.84. The Morgan fingerprint density at radius 3 is 2.60 bits per heavy atom. The zero-order valence-corrected chi connectivity index (χ0v) is 13.9. The summed E-state index contributed by atoms with van der Waals surface area (Å²) in [6.45, 7) is 5.73. The maximum Gasteiger partial charge on any atom is 0.263 e. The summed E-state index contributed by atoms with van der Waals surface area (Å²) >= 11 is 3.36. The molecule has 2 aromatic rings. The van der Waals surface area contributed by atoms with Gasteiger partial charge < -0.3 is 0 Å². The Hall–Kier alpha value is -1.34. The lowest BCUT2D eigenvalue weighted by Gasteiger charge is -2.13. The summed E-state index contributed by atoms with van der Waals surface area (Å²) in [4.78, 5) is 0.231. The number of nitrogens with one attached hydrogen (secondary N) is 1. The molecule has 108 valence electrons. The molecule has 0 radical (unpaired) electrons. The van der Waals surface area contributed by atoms with Crippen LogP contribution >= 0.6 is 15.9 Å². The lowest BCUT2D eigenvalue weighted by atomic mass is 10.2. The number of rotatable bonds is 4. The highest BCUT2D eigenvalue weighted by atomic mass is 79.9. The number of anilines is 1. The highest BCUT2D eigenvalue weighted by Gasteiger charge is 2.18. The second kappa shape index (κ2) is 5.57. The zero-order valence-electron chi connectivity index (χ0n) is 11.5. The molecule has 1 N–H and O–H groups in total. The van der Waals surface area contributed by atoms with Crippen LogP contribution in [-0.4, -0.2) is 18.2 Å². The molecule has 0 aliphatic heterocycles. The molecule has 0 spiro atoms. The Kier molecular flexibility index (Phi) is 4.19. The molecule has 0 saturated carbocycles. The summed E-state index contributed by atoms with van der Waals surface area (Å²) < 4.78 is 29.8.